The summed E-state index contributed by atoms with van der Waals surface area (Å²) in [4.78, 5) is 28.5. The molecule has 2 unspecified atom stereocenters. The van der Waals surface area contributed by atoms with Crippen molar-refractivity contribution in [1.29, 1.82) is 0 Å². The zero-order valence-electron chi connectivity index (χ0n) is 15.1. The molecule has 0 aliphatic carbocycles. The van der Waals surface area contributed by atoms with Gasteiger partial charge in [0.25, 0.3) is 0 Å². The maximum atomic E-state index is 12.3. The first kappa shape index (κ1) is 18.7. The smallest absolute Gasteiger partial charge is 0.237 e. The predicted molar refractivity (Wildman–Crippen MR) is 99.9 cm³/mol. The molecule has 7 nitrogen and oxygen atoms in total. The van der Waals surface area contributed by atoms with E-state index in [0.717, 1.165) is 26.2 Å². The average Bonchev–Trinajstić information content (AvgIpc) is 3.12. The number of para-hydroxylation sites is 1. The van der Waals surface area contributed by atoms with Crippen LogP contribution in [0, 0.1) is 0 Å². The number of nitrogens with one attached hydrogen (secondary N) is 2. The van der Waals surface area contributed by atoms with E-state index < -0.39 is 6.10 Å². The van der Waals surface area contributed by atoms with Crippen LogP contribution >= 0.6 is 0 Å². The van der Waals surface area contributed by atoms with Crippen LogP contribution in [0.2, 0.25) is 0 Å². The minimum Gasteiger partial charge on any atom is -0.392 e. The molecule has 1 aromatic carbocycles. The number of carbonyl (C=O) groups excluding carboxylic acids is 2. The number of benzene rings is 1. The first-order chi connectivity index (χ1) is 12.6. The number of aliphatic hydroxyl groups is 1. The molecule has 2 heterocycles. The molecule has 3 rings (SSSR count). The summed E-state index contributed by atoms with van der Waals surface area (Å²) in [5.41, 5.74) is 1.20. The maximum Gasteiger partial charge on any atom is 0.237 e. The van der Waals surface area contributed by atoms with Gasteiger partial charge >= 0.3 is 0 Å². The zero-order chi connectivity index (χ0) is 18.4. The number of nitrogens with zero attached hydrogens (tertiary/aromatic N) is 2. The molecule has 2 saturated heterocycles. The molecule has 1 aromatic rings. The van der Waals surface area contributed by atoms with Gasteiger partial charge in [-0.25, -0.2) is 0 Å². The van der Waals surface area contributed by atoms with Gasteiger partial charge in [0.1, 0.15) is 0 Å². The Morgan fingerprint density at radius 1 is 1.15 bits per heavy atom. The minimum atomic E-state index is -0.443. The second-order valence-corrected chi connectivity index (χ2v) is 6.95. The fraction of sp³-hybridized carbons (Fsp3) is 0.579. The van der Waals surface area contributed by atoms with E-state index in [0.29, 0.717) is 32.4 Å². The van der Waals surface area contributed by atoms with Gasteiger partial charge in [-0.05, 0) is 25.0 Å². The van der Waals surface area contributed by atoms with Crippen molar-refractivity contribution >= 4 is 17.5 Å². The fourth-order valence-corrected chi connectivity index (χ4v) is 3.50. The van der Waals surface area contributed by atoms with Crippen molar-refractivity contribution in [2.75, 3.05) is 44.2 Å². The Morgan fingerprint density at radius 3 is 2.54 bits per heavy atom. The maximum absolute atomic E-state index is 12.3. The fourth-order valence-electron chi connectivity index (χ4n) is 3.50. The Hall–Kier alpha value is -2.12. The van der Waals surface area contributed by atoms with E-state index >= 15 is 0 Å². The summed E-state index contributed by atoms with van der Waals surface area (Å²) < 4.78 is 0. The van der Waals surface area contributed by atoms with Crippen molar-refractivity contribution < 1.29 is 14.7 Å². The van der Waals surface area contributed by atoms with E-state index in [2.05, 4.69) is 27.7 Å². The van der Waals surface area contributed by atoms with E-state index in [1.165, 1.54) is 5.69 Å². The first-order valence-corrected chi connectivity index (χ1v) is 9.40. The average molecular weight is 360 g/mol. The lowest BCUT2D eigenvalue weighted by atomic mass is 10.2. The van der Waals surface area contributed by atoms with Crippen LogP contribution in [-0.2, 0) is 9.59 Å². The lowest BCUT2D eigenvalue weighted by Gasteiger charge is -2.36. The van der Waals surface area contributed by atoms with Gasteiger partial charge in [0.05, 0.1) is 12.1 Å². The van der Waals surface area contributed by atoms with Gasteiger partial charge in [0.15, 0.2) is 0 Å². The molecule has 2 atom stereocenters. The number of aliphatic hydroxyl groups excluding tert-OH is 1. The minimum absolute atomic E-state index is 0.0922. The van der Waals surface area contributed by atoms with Gasteiger partial charge in [-0.3, -0.25) is 9.59 Å². The number of anilines is 1. The summed E-state index contributed by atoms with van der Waals surface area (Å²) in [6.07, 6.45) is 1.10. The number of carbonyl (C=O) groups is 2. The highest BCUT2D eigenvalue weighted by Crippen LogP contribution is 2.16. The van der Waals surface area contributed by atoms with Crippen LogP contribution in [0.25, 0.3) is 0 Å². The van der Waals surface area contributed by atoms with Gasteiger partial charge in [0, 0.05) is 51.4 Å². The summed E-state index contributed by atoms with van der Waals surface area (Å²) in [5.74, 6) is 0.0619. The molecule has 2 fully saturated rings. The Bertz CT molecular complexity index is 602. The van der Waals surface area contributed by atoms with Crippen LogP contribution in [0.1, 0.15) is 19.3 Å². The molecule has 7 heteroatoms. The van der Waals surface area contributed by atoms with Gasteiger partial charge in [0.2, 0.25) is 11.8 Å². The van der Waals surface area contributed by atoms with Gasteiger partial charge < -0.3 is 25.5 Å². The highest BCUT2D eigenvalue weighted by Gasteiger charge is 2.27. The van der Waals surface area contributed by atoms with Crippen molar-refractivity contribution in [2.45, 2.75) is 31.4 Å². The highest BCUT2D eigenvalue weighted by atomic mass is 16.3. The first-order valence-electron chi connectivity index (χ1n) is 9.40. The van der Waals surface area contributed by atoms with Crippen molar-refractivity contribution in [3.8, 4) is 0 Å². The van der Waals surface area contributed by atoms with E-state index in [9.17, 15) is 14.7 Å². The lowest BCUT2D eigenvalue weighted by molar-refractivity contribution is -0.131. The summed E-state index contributed by atoms with van der Waals surface area (Å²) >= 11 is 0. The predicted octanol–water partition coefficient (Wildman–Crippen LogP) is -0.0456. The molecule has 0 aromatic heterocycles. The standard InChI is InChI=1S/C19H28N4O3/c24-16-13-17(21-14-16)19(26)20-8-4-7-18(25)23-11-9-22(10-12-23)15-5-2-1-3-6-15/h1-3,5-6,16-17,21,24H,4,7-14H2,(H,20,26). The molecule has 142 valence electrons. The van der Waals surface area contributed by atoms with Crippen LogP contribution in [0.4, 0.5) is 5.69 Å². The third kappa shape index (κ3) is 4.95. The lowest BCUT2D eigenvalue weighted by Crippen LogP contribution is -2.49. The van der Waals surface area contributed by atoms with E-state index in [1.807, 2.05) is 23.1 Å². The monoisotopic (exact) mass is 360 g/mol. The number of hydrogen-bond donors (Lipinski definition) is 3. The highest BCUT2D eigenvalue weighted by molar-refractivity contribution is 5.82. The Morgan fingerprint density at radius 2 is 1.88 bits per heavy atom. The quantitative estimate of drug-likeness (QED) is 0.620. The Balaban J connectivity index is 1.31. The van der Waals surface area contributed by atoms with Crippen LogP contribution in [0.3, 0.4) is 0 Å². The van der Waals surface area contributed by atoms with Crippen molar-refractivity contribution in [2.24, 2.45) is 0 Å². The topological polar surface area (TPSA) is 84.9 Å². The van der Waals surface area contributed by atoms with Crippen molar-refractivity contribution in [1.82, 2.24) is 15.5 Å². The Kier molecular flexibility index (Phi) is 6.46. The zero-order valence-corrected chi connectivity index (χ0v) is 15.1. The molecule has 0 radical (unpaired) electrons. The number of β-amino-alcohol motifs (C(OH)–C–C–N with tert-alkyl or cyclic N) is 1. The number of hydrogen-bond acceptors (Lipinski definition) is 5. The molecule has 0 saturated carbocycles. The number of rotatable bonds is 6. The molecule has 3 N–H and O–H groups in total. The normalized spacial score (nSPS) is 23.1. The molecular weight excluding hydrogens is 332 g/mol. The molecule has 26 heavy (non-hydrogen) atoms. The van der Waals surface area contributed by atoms with Crippen LogP contribution in [0.5, 0.6) is 0 Å². The van der Waals surface area contributed by atoms with Gasteiger partial charge in [-0.15, -0.1) is 0 Å². The summed E-state index contributed by atoms with van der Waals surface area (Å²) in [6.45, 7) is 4.13. The van der Waals surface area contributed by atoms with E-state index in [4.69, 9.17) is 0 Å². The Labute approximate surface area is 154 Å². The molecular formula is C19H28N4O3. The second-order valence-electron chi connectivity index (χ2n) is 6.95. The number of amides is 2. The largest absolute Gasteiger partial charge is 0.392 e. The molecule has 2 aliphatic rings. The summed E-state index contributed by atoms with van der Waals surface area (Å²) in [7, 11) is 0. The van der Waals surface area contributed by atoms with Gasteiger partial charge in [-0.2, -0.15) is 0 Å². The third-order valence-electron chi connectivity index (χ3n) is 5.04. The SMILES string of the molecule is O=C(NCCCC(=O)N1CCN(c2ccccc2)CC1)C1CC(O)CN1. The van der Waals surface area contributed by atoms with Crippen LogP contribution < -0.4 is 15.5 Å². The van der Waals surface area contributed by atoms with Crippen LogP contribution in [0.15, 0.2) is 30.3 Å². The van der Waals surface area contributed by atoms with E-state index in [-0.39, 0.29) is 17.9 Å². The molecule has 2 aliphatic heterocycles. The molecule has 2 amide bonds. The molecule has 0 bridgehead atoms. The summed E-state index contributed by atoms with van der Waals surface area (Å²) in [5, 5.41) is 15.3. The second kappa shape index (κ2) is 9.00. The van der Waals surface area contributed by atoms with Crippen molar-refractivity contribution in [3.05, 3.63) is 30.3 Å². The van der Waals surface area contributed by atoms with Gasteiger partial charge in [-0.1, -0.05) is 18.2 Å². The number of piperazine rings is 1. The summed E-state index contributed by atoms with van der Waals surface area (Å²) in [6, 6.07) is 9.95. The van der Waals surface area contributed by atoms with Crippen molar-refractivity contribution in [3.63, 3.8) is 0 Å². The van der Waals surface area contributed by atoms with E-state index in [1.54, 1.807) is 0 Å². The molecule has 0 spiro atoms. The van der Waals surface area contributed by atoms with Crippen LogP contribution in [-0.4, -0.2) is 73.2 Å². The third-order valence-corrected chi connectivity index (χ3v) is 5.04.